The molecule has 160 valence electrons. The van der Waals surface area contributed by atoms with E-state index in [9.17, 15) is 19.6 Å². The highest BCUT2D eigenvalue weighted by Gasteiger charge is 2.33. The number of benzene rings is 2. The Morgan fingerprint density at radius 3 is 2.68 bits per heavy atom. The summed E-state index contributed by atoms with van der Waals surface area (Å²) in [6, 6.07) is 16.8. The molecular weight excluding hydrogens is 399 g/mol. The lowest BCUT2D eigenvalue weighted by atomic mass is 9.76. The van der Waals surface area contributed by atoms with E-state index in [1.54, 1.807) is 6.26 Å². The molecule has 2 aromatic carbocycles. The van der Waals surface area contributed by atoms with Crippen molar-refractivity contribution in [1.29, 1.82) is 0 Å². The molecule has 4 rings (SSSR count). The maximum atomic E-state index is 12.4. The summed E-state index contributed by atoms with van der Waals surface area (Å²) in [5.74, 6) is -1.29. The van der Waals surface area contributed by atoms with Crippen LogP contribution in [0.2, 0.25) is 0 Å². The zero-order valence-electron chi connectivity index (χ0n) is 16.8. The number of nitrogens with zero attached hydrogens (tertiary/aromatic N) is 1. The molecule has 0 bridgehead atoms. The van der Waals surface area contributed by atoms with Gasteiger partial charge in [-0.2, -0.15) is 0 Å². The van der Waals surface area contributed by atoms with Crippen LogP contribution in [-0.4, -0.2) is 53.1 Å². The number of ether oxygens (including phenoxy) is 1. The number of carbonyl (C=O) groups excluding carboxylic acids is 2. The van der Waals surface area contributed by atoms with Gasteiger partial charge in [-0.05, 0) is 23.6 Å². The molecule has 3 N–H and O–H groups in total. The van der Waals surface area contributed by atoms with E-state index in [1.807, 2.05) is 54.6 Å². The van der Waals surface area contributed by atoms with Crippen LogP contribution in [0.15, 0.2) is 65.3 Å². The van der Waals surface area contributed by atoms with E-state index in [4.69, 9.17) is 9.15 Å². The molecule has 1 aliphatic rings. The fraction of sp³-hybridized carbons (Fsp3) is 0.273. The monoisotopic (exact) mass is 422 g/mol. The normalized spacial score (nSPS) is 16.9. The predicted octanol–water partition coefficient (Wildman–Crippen LogP) is 2.06. The minimum absolute atomic E-state index is 0.0198. The highest BCUT2D eigenvalue weighted by Crippen LogP contribution is 2.26. The van der Waals surface area contributed by atoms with Gasteiger partial charge >= 0.3 is 13.2 Å². The van der Waals surface area contributed by atoms with Crippen molar-refractivity contribution in [2.75, 3.05) is 13.1 Å². The van der Waals surface area contributed by atoms with Gasteiger partial charge in [-0.25, -0.2) is 4.79 Å². The number of nitrogens with one attached hydrogen (secondary N) is 1. The van der Waals surface area contributed by atoms with Crippen molar-refractivity contribution in [2.45, 2.75) is 24.9 Å². The Labute approximate surface area is 179 Å². The van der Waals surface area contributed by atoms with Crippen molar-refractivity contribution in [2.24, 2.45) is 0 Å². The minimum Gasteiger partial charge on any atom is -0.464 e. The summed E-state index contributed by atoms with van der Waals surface area (Å²) in [7, 11) is -1.74. The van der Waals surface area contributed by atoms with Gasteiger partial charge in [0, 0.05) is 18.4 Å². The number of carbonyl (C=O) groups is 2. The van der Waals surface area contributed by atoms with Gasteiger partial charge in [-0.3, -0.25) is 4.79 Å². The van der Waals surface area contributed by atoms with Crippen molar-refractivity contribution in [3.05, 3.63) is 72.0 Å². The standard InChI is InChI=1S/C22H23BN2O6/c26-21(10-11-25-13-19(31-22(25)27)15-6-2-1-3-7-15)24-20(23(28)29)12-16-14-30-18-9-5-4-8-17(16)18/h1-9,14,19-20,28-29H,10-13H2,(H,24,26)/t19?,20-/m0/s1. The van der Waals surface area contributed by atoms with Crippen LogP contribution in [0.25, 0.3) is 11.0 Å². The lowest BCUT2D eigenvalue weighted by Gasteiger charge is -2.18. The molecule has 3 aromatic rings. The van der Waals surface area contributed by atoms with E-state index in [-0.39, 0.29) is 31.4 Å². The first-order valence-electron chi connectivity index (χ1n) is 10.1. The number of hydrogen-bond donors (Lipinski definition) is 3. The van der Waals surface area contributed by atoms with Crippen molar-refractivity contribution in [3.63, 3.8) is 0 Å². The van der Waals surface area contributed by atoms with Gasteiger partial charge in [-0.1, -0.05) is 48.5 Å². The summed E-state index contributed by atoms with van der Waals surface area (Å²) in [6.07, 6.45) is 0.938. The van der Waals surface area contributed by atoms with E-state index in [1.165, 1.54) is 4.90 Å². The summed E-state index contributed by atoms with van der Waals surface area (Å²) in [5.41, 5.74) is 2.36. The summed E-state index contributed by atoms with van der Waals surface area (Å²) < 4.78 is 10.9. The molecule has 1 unspecified atom stereocenters. The summed E-state index contributed by atoms with van der Waals surface area (Å²) in [6.45, 7) is 0.542. The van der Waals surface area contributed by atoms with Gasteiger partial charge in [0.15, 0.2) is 0 Å². The van der Waals surface area contributed by atoms with Crippen molar-refractivity contribution < 1.29 is 28.8 Å². The zero-order valence-corrected chi connectivity index (χ0v) is 16.8. The molecule has 2 atom stereocenters. The summed E-state index contributed by atoms with van der Waals surface area (Å²) in [5, 5.41) is 23.0. The number of para-hydroxylation sites is 1. The molecule has 2 heterocycles. The van der Waals surface area contributed by atoms with Crippen molar-refractivity contribution >= 4 is 30.1 Å². The molecule has 0 aliphatic carbocycles. The fourth-order valence-electron chi connectivity index (χ4n) is 3.71. The first-order chi connectivity index (χ1) is 15.0. The Morgan fingerprint density at radius 2 is 1.90 bits per heavy atom. The maximum absolute atomic E-state index is 12.4. The second-order valence-electron chi connectivity index (χ2n) is 7.53. The van der Waals surface area contributed by atoms with E-state index in [0.29, 0.717) is 12.1 Å². The van der Waals surface area contributed by atoms with Gasteiger partial charge in [0.1, 0.15) is 11.7 Å². The predicted molar refractivity (Wildman–Crippen MR) is 114 cm³/mol. The molecule has 1 fully saturated rings. The van der Waals surface area contributed by atoms with Crippen LogP contribution in [0.4, 0.5) is 4.79 Å². The molecule has 1 saturated heterocycles. The summed E-state index contributed by atoms with van der Waals surface area (Å²) in [4.78, 5) is 26.0. The second-order valence-corrected chi connectivity index (χ2v) is 7.53. The highest BCUT2D eigenvalue weighted by molar-refractivity contribution is 6.43. The first-order valence-corrected chi connectivity index (χ1v) is 10.1. The average Bonchev–Trinajstić information content (AvgIpc) is 3.36. The maximum Gasteiger partial charge on any atom is 0.475 e. The third-order valence-corrected chi connectivity index (χ3v) is 5.37. The largest absolute Gasteiger partial charge is 0.475 e. The number of rotatable bonds is 8. The number of furan rings is 1. The van der Waals surface area contributed by atoms with Crippen LogP contribution in [0.3, 0.4) is 0 Å². The number of amides is 2. The van der Waals surface area contributed by atoms with Gasteiger partial charge < -0.3 is 29.4 Å². The van der Waals surface area contributed by atoms with Gasteiger partial charge in [0.25, 0.3) is 0 Å². The van der Waals surface area contributed by atoms with Crippen LogP contribution >= 0.6 is 0 Å². The molecule has 0 spiro atoms. The highest BCUT2D eigenvalue weighted by atomic mass is 16.6. The fourth-order valence-corrected chi connectivity index (χ4v) is 3.71. The van der Waals surface area contributed by atoms with Gasteiger partial charge in [0.2, 0.25) is 5.91 Å². The number of hydrogen-bond acceptors (Lipinski definition) is 6. The third-order valence-electron chi connectivity index (χ3n) is 5.37. The lowest BCUT2D eigenvalue weighted by Crippen LogP contribution is -2.48. The van der Waals surface area contributed by atoms with E-state index in [2.05, 4.69) is 5.32 Å². The topological polar surface area (TPSA) is 112 Å². The Hall–Kier alpha value is -3.30. The molecule has 0 saturated carbocycles. The van der Waals surface area contributed by atoms with Crippen LogP contribution < -0.4 is 5.32 Å². The lowest BCUT2D eigenvalue weighted by molar-refractivity contribution is -0.121. The van der Waals surface area contributed by atoms with Gasteiger partial charge in [-0.15, -0.1) is 0 Å². The van der Waals surface area contributed by atoms with Gasteiger partial charge in [0.05, 0.1) is 18.7 Å². The van der Waals surface area contributed by atoms with Crippen LogP contribution in [-0.2, 0) is 16.0 Å². The zero-order chi connectivity index (χ0) is 21.8. The molecule has 8 nitrogen and oxygen atoms in total. The molecule has 9 heteroatoms. The Bertz CT molecular complexity index is 1050. The van der Waals surface area contributed by atoms with E-state index < -0.39 is 19.2 Å². The van der Waals surface area contributed by atoms with E-state index >= 15 is 0 Å². The molecular formula is C22H23BN2O6. The molecule has 2 amide bonds. The minimum atomic E-state index is -1.74. The van der Waals surface area contributed by atoms with Crippen LogP contribution in [0, 0.1) is 0 Å². The van der Waals surface area contributed by atoms with Crippen molar-refractivity contribution in [3.8, 4) is 0 Å². The Balaban J connectivity index is 1.32. The smallest absolute Gasteiger partial charge is 0.464 e. The first kappa shape index (κ1) is 21.0. The molecule has 31 heavy (non-hydrogen) atoms. The molecule has 0 radical (unpaired) electrons. The Morgan fingerprint density at radius 1 is 1.16 bits per heavy atom. The third kappa shape index (κ3) is 4.89. The number of cyclic esters (lactones) is 1. The molecule has 1 aromatic heterocycles. The summed E-state index contributed by atoms with van der Waals surface area (Å²) >= 11 is 0. The van der Waals surface area contributed by atoms with E-state index in [0.717, 1.165) is 16.5 Å². The molecule has 1 aliphatic heterocycles. The average molecular weight is 422 g/mol. The van der Waals surface area contributed by atoms with Crippen LogP contribution in [0.5, 0.6) is 0 Å². The SMILES string of the molecule is O=C(CCN1CC(c2ccccc2)OC1=O)N[C@@H](Cc1coc2ccccc12)B(O)O. The quantitative estimate of drug-likeness (QED) is 0.479. The second kappa shape index (κ2) is 9.24. The van der Waals surface area contributed by atoms with Crippen molar-refractivity contribution in [1.82, 2.24) is 10.2 Å². The Kier molecular flexibility index (Phi) is 6.24. The van der Waals surface area contributed by atoms with Crippen LogP contribution in [0.1, 0.15) is 23.7 Å². The number of fused-ring (bicyclic) bond motifs is 1.